The van der Waals surface area contributed by atoms with Gasteiger partial charge in [-0.3, -0.25) is 14.7 Å². The normalized spacial score (nSPS) is 11.1. The molecule has 1 aromatic carbocycles. The fourth-order valence-electron chi connectivity index (χ4n) is 1.82. The molecule has 0 atom stereocenters. The third-order valence-corrected chi connectivity index (χ3v) is 2.71. The number of hydrogen-bond acceptors (Lipinski definition) is 4. The highest BCUT2D eigenvalue weighted by Crippen LogP contribution is 2.02. The van der Waals surface area contributed by atoms with Crippen LogP contribution >= 0.6 is 0 Å². The third kappa shape index (κ3) is 2.85. The summed E-state index contributed by atoms with van der Waals surface area (Å²) in [4.78, 5) is 35.1. The van der Waals surface area contributed by atoms with E-state index in [1.54, 1.807) is 31.2 Å². The Labute approximate surface area is 114 Å². The van der Waals surface area contributed by atoms with Gasteiger partial charge in [-0.05, 0) is 19.1 Å². The molecule has 104 valence electrons. The number of nitrogens with one attached hydrogen (secondary N) is 1. The molecule has 0 spiro atoms. The maximum absolute atomic E-state index is 12.1. The van der Waals surface area contributed by atoms with Crippen LogP contribution in [0.1, 0.15) is 6.92 Å². The fourth-order valence-corrected chi connectivity index (χ4v) is 1.82. The van der Waals surface area contributed by atoms with Gasteiger partial charge in [0.1, 0.15) is 0 Å². The number of carbonyl (C=O) groups excluding carboxylic acids is 1. The van der Waals surface area contributed by atoms with Gasteiger partial charge >= 0.3 is 5.97 Å². The second kappa shape index (κ2) is 6.01. The summed E-state index contributed by atoms with van der Waals surface area (Å²) in [5, 5.41) is 3.17. The highest BCUT2D eigenvalue weighted by Gasteiger charge is 2.05. The highest BCUT2D eigenvalue weighted by molar-refractivity contribution is 5.82. The molecule has 6 heteroatoms. The van der Waals surface area contributed by atoms with E-state index in [0.29, 0.717) is 10.8 Å². The molecule has 1 aromatic heterocycles. The van der Waals surface area contributed by atoms with Crippen LogP contribution in [0.15, 0.2) is 46.0 Å². The lowest BCUT2D eigenvalue weighted by molar-refractivity contribution is -0.137. The molecule has 2 aromatic rings. The molecular weight excluding hydrogens is 260 g/mol. The number of rotatable bonds is 4. The number of H-pyrrole nitrogens is 1. The zero-order chi connectivity index (χ0) is 14.5. The number of carbonyl (C=O) groups is 1. The summed E-state index contributed by atoms with van der Waals surface area (Å²) < 4.78 is 5.87. The van der Waals surface area contributed by atoms with Crippen molar-refractivity contribution in [1.82, 2.24) is 9.78 Å². The van der Waals surface area contributed by atoms with Gasteiger partial charge in [-0.2, -0.15) is 0 Å². The van der Waals surface area contributed by atoms with Gasteiger partial charge in [-0.25, -0.2) is 9.48 Å². The molecular formula is C14H14N2O4. The van der Waals surface area contributed by atoms with Crippen LogP contribution in [-0.2, 0) is 16.1 Å². The average molecular weight is 274 g/mol. The molecule has 1 heterocycles. The Balaban J connectivity index is 2.32. The second-order valence-corrected chi connectivity index (χ2v) is 4.06. The third-order valence-electron chi connectivity index (χ3n) is 2.71. The number of aromatic nitrogens is 2. The van der Waals surface area contributed by atoms with E-state index in [0.717, 1.165) is 4.68 Å². The fraction of sp³-hybridized carbons (Fsp3) is 0.214. The molecule has 0 aliphatic rings. The Morgan fingerprint density at radius 1 is 1.30 bits per heavy atom. The van der Waals surface area contributed by atoms with Crippen molar-refractivity contribution in [3.8, 4) is 0 Å². The average Bonchev–Trinajstić information content (AvgIpc) is 2.44. The first-order chi connectivity index (χ1) is 9.63. The van der Waals surface area contributed by atoms with E-state index < -0.39 is 5.97 Å². The first-order valence-electron chi connectivity index (χ1n) is 6.18. The summed E-state index contributed by atoms with van der Waals surface area (Å²) in [6.45, 7) is 2.09. The van der Waals surface area contributed by atoms with Crippen LogP contribution in [0, 0.1) is 0 Å². The lowest BCUT2D eigenvalue weighted by Crippen LogP contribution is -2.29. The number of benzene rings is 1. The van der Waals surface area contributed by atoms with Crippen LogP contribution in [0.2, 0.25) is 0 Å². The van der Waals surface area contributed by atoms with Crippen molar-refractivity contribution >= 4 is 16.7 Å². The number of aromatic amines is 1. The van der Waals surface area contributed by atoms with Gasteiger partial charge < -0.3 is 4.74 Å². The van der Waals surface area contributed by atoms with Crippen LogP contribution in [0.4, 0.5) is 0 Å². The van der Waals surface area contributed by atoms with Crippen molar-refractivity contribution in [2.45, 2.75) is 13.5 Å². The molecule has 6 nitrogen and oxygen atoms in total. The summed E-state index contributed by atoms with van der Waals surface area (Å²) in [5.74, 6) is -0.483. The van der Waals surface area contributed by atoms with Gasteiger partial charge in [0.2, 0.25) is 0 Å². The van der Waals surface area contributed by atoms with Crippen molar-refractivity contribution in [3.05, 3.63) is 57.1 Å². The predicted molar refractivity (Wildman–Crippen MR) is 74.6 cm³/mol. The van der Waals surface area contributed by atoms with Crippen molar-refractivity contribution in [3.63, 3.8) is 0 Å². The van der Waals surface area contributed by atoms with Gasteiger partial charge in [-0.1, -0.05) is 18.2 Å². The highest BCUT2D eigenvalue weighted by atomic mass is 16.5. The van der Waals surface area contributed by atoms with Crippen molar-refractivity contribution < 1.29 is 9.53 Å². The standard InChI is InChI=1S/C14H14N2O4/c1-2-20-12(17)8-5-9-16-14(19)11-7-4-3-6-10(11)13(18)15-16/h3-8H,2,9H2,1H3,(H,15,18)/b8-5+. The van der Waals surface area contributed by atoms with Crippen LogP contribution in [0.5, 0.6) is 0 Å². The molecule has 0 aliphatic heterocycles. The number of fused-ring (bicyclic) bond motifs is 1. The monoisotopic (exact) mass is 274 g/mol. The molecule has 0 amide bonds. The topological polar surface area (TPSA) is 81.2 Å². The van der Waals surface area contributed by atoms with Gasteiger partial charge in [0, 0.05) is 6.08 Å². The van der Waals surface area contributed by atoms with Crippen molar-refractivity contribution in [2.24, 2.45) is 0 Å². The molecule has 0 bridgehead atoms. The van der Waals surface area contributed by atoms with Gasteiger partial charge in [0.15, 0.2) is 0 Å². The lowest BCUT2D eigenvalue weighted by Gasteiger charge is -2.03. The summed E-state index contributed by atoms with van der Waals surface area (Å²) in [6.07, 6.45) is 2.69. The zero-order valence-electron chi connectivity index (χ0n) is 11.0. The Morgan fingerprint density at radius 3 is 2.70 bits per heavy atom. The van der Waals surface area contributed by atoms with E-state index >= 15 is 0 Å². The second-order valence-electron chi connectivity index (χ2n) is 4.06. The first-order valence-corrected chi connectivity index (χ1v) is 6.18. The maximum Gasteiger partial charge on any atom is 0.330 e. The number of nitrogens with zero attached hydrogens (tertiary/aromatic N) is 1. The summed E-state index contributed by atoms with van der Waals surface area (Å²) in [7, 11) is 0. The van der Waals surface area contributed by atoms with Gasteiger partial charge in [0.25, 0.3) is 11.1 Å². The molecule has 1 N–H and O–H groups in total. The minimum absolute atomic E-state index is 0.0950. The first kappa shape index (κ1) is 13.8. The SMILES string of the molecule is CCOC(=O)/C=C/Cn1[nH]c(=O)c2ccccc2c1=O. The smallest absolute Gasteiger partial charge is 0.330 e. The van der Waals surface area contributed by atoms with Crippen molar-refractivity contribution in [1.29, 1.82) is 0 Å². The van der Waals surface area contributed by atoms with Gasteiger partial charge in [0.05, 0.1) is 23.9 Å². The summed E-state index contributed by atoms with van der Waals surface area (Å²) >= 11 is 0. The quantitative estimate of drug-likeness (QED) is 0.660. The maximum atomic E-state index is 12.1. The number of hydrogen-bond donors (Lipinski definition) is 1. The lowest BCUT2D eigenvalue weighted by atomic mass is 10.2. The van der Waals surface area contributed by atoms with E-state index in [1.807, 2.05) is 0 Å². The number of esters is 1. The van der Waals surface area contributed by atoms with Crippen LogP contribution < -0.4 is 11.1 Å². The van der Waals surface area contributed by atoms with E-state index in [4.69, 9.17) is 4.74 Å². The molecule has 20 heavy (non-hydrogen) atoms. The minimum Gasteiger partial charge on any atom is -0.463 e. The van der Waals surface area contributed by atoms with Crippen LogP contribution in [0.3, 0.4) is 0 Å². The Morgan fingerprint density at radius 2 is 2.00 bits per heavy atom. The molecule has 2 rings (SSSR count). The molecule has 0 aliphatic carbocycles. The van der Waals surface area contributed by atoms with Crippen molar-refractivity contribution in [2.75, 3.05) is 6.61 Å². The summed E-state index contributed by atoms with van der Waals surface area (Å²) in [5.41, 5.74) is -0.654. The molecule has 0 saturated carbocycles. The van der Waals surface area contributed by atoms with Crippen LogP contribution in [0.25, 0.3) is 10.8 Å². The van der Waals surface area contributed by atoms with E-state index in [-0.39, 0.29) is 24.3 Å². The molecule has 0 saturated heterocycles. The number of allylic oxidation sites excluding steroid dienone is 1. The molecule has 0 fully saturated rings. The summed E-state index contributed by atoms with van der Waals surface area (Å²) in [6, 6.07) is 6.58. The Bertz CT molecular complexity index is 771. The largest absolute Gasteiger partial charge is 0.463 e. The number of ether oxygens (including phenoxy) is 1. The Kier molecular flexibility index (Phi) is 4.14. The molecule has 0 unspecified atom stereocenters. The molecule has 0 radical (unpaired) electrons. The van der Waals surface area contributed by atoms with Crippen LogP contribution in [-0.4, -0.2) is 22.4 Å². The van der Waals surface area contributed by atoms with E-state index in [9.17, 15) is 14.4 Å². The van der Waals surface area contributed by atoms with E-state index in [1.165, 1.54) is 12.2 Å². The van der Waals surface area contributed by atoms with E-state index in [2.05, 4.69) is 5.10 Å². The minimum atomic E-state index is -0.483. The predicted octanol–water partition coefficient (Wildman–Crippen LogP) is 0.809. The zero-order valence-corrected chi connectivity index (χ0v) is 11.0. The van der Waals surface area contributed by atoms with Gasteiger partial charge in [-0.15, -0.1) is 0 Å². The Hall–Kier alpha value is -2.63.